The van der Waals surface area contributed by atoms with E-state index in [-0.39, 0.29) is 18.0 Å². The molecule has 1 aromatic carbocycles. The molecule has 156 valence electrons. The zero-order valence-electron chi connectivity index (χ0n) is 16.4. The third-order valence-electron chi connectivity index (χ3n) is 4.81. The Labute approximate surface area is 174 Å². The average Bonchev–Trinajstić information content (AvgIpc) is 2.76. The summed E-state index contributed by atoms with van der Waals surface area (Å²) in [5.74, 6) is 1.35. The summed E-state index contributed by atoms with van der Waals surface area (Å²) in [5, 5.41) is 11.5. The predicted molar refractivity (Wildman–Crippen MR) is 112 cm³/mol. The molecule has 0 aliphatic carbocycles. The average molecular weight is 428 g/mol. The molecular formula is C20H21FN6O2S. The second-order valence-electron chi connectivity index (χ2n) is 6.97. The van der Waals surface area contributed by atoms with Gasteiger partial charge in [0.15, 0.2) is 11.6 Å². The van der Waals surface area contributed by atoms with E-state index in [0.29, 0.717) is 30.5 Å². The van der Waals surface area contributed by atoms with Gasteiger partial charge in [0.2, 0.25) is 10.0 Å². The summed E-state index contributed by atoms with van der Waals surface area (Å²) in [6, 6.07) is 12.5. The number of piperazine rings is 1. The standard InChI is InChI=1S/C20H21FN6O2S/c1-15-5-6-18(22-14-15)23-19-7-8-20(25-24-19)26-9-11-27(12-10-26)30(28,29)17-4-2-3-16(21)13-17/h2-8,13-14H,9-12H2,1H3,(H,22,23,24). The number of aromatic nitrogens is 3. The van der Waals surface area contributed by atoms with Gasteiger partial charge in [0, 0.05) is 32.4 Å². The zero-order chi connectivity index (χ0) is 21.1. The van der Waals surface area contributed by atoms with Gasteiger partial charge in [-0.05, 0) is 48.9 Å². The number of rotatable bonds is 5. The molecule has 3 heterocycles. The van der Waals surface area contributed by atoms with Gasteiger partial charge in [-0.3, -0.25) is 0 Å². The van der Waals surface area contributed by atoms with Crippen LogP contribution in [0.1, 0.15) is 5.56 Å². The normalized spacial score (nSPS) is 15.2. The van der Waals surface area contributed by atoms with Crippen molar-refractivity contribution in [2.45, 2.75) is 11.8 Å². The number of nitrogens with zero attached hydrogens (tertiary/aromatic N) is 5. The Bertz CT molecular complexity index is 1110. The van der Waals surface area contributed by atoms with E-state index in [0.717, 1.165) is 11.6 Å². The Hall–Kier alpha value is -3.11. The van der Waals surface area contributed by atoms with Crippen LogP contribution in [0.4, 0.5) is 21.8 Å². The maximum absolute atomic E-state index is 13.4. The molecule has 0 radical (unpaired) electrons. The topological polar surface area (TPSA) is 91.3 Å². The summed E-state index contributed by atoms with van der Waals surface area (Å²) in [7, 11) is -3.72. The summed E-state index contributed by atoms with van der Waals surface area (Å²) in [6.45, 7) is 3.47. The lowest BCUT2D eigenvalue weighted by molar-refractivity contribution is 0.383. The molecular weight excluding hydrogens is 407 g/mol. The Balaban J connectivity index is 1.38. The van der Waals surface area contributed by atoms with Crippen LogP contribution in [0, 0.1) is 12.7 Å². The van der Waals surface area contributed by atoms with Crippen molar-refractivity contribution in [3.05, 3.63) is 66.1 Å². The van der Waals surface area contributed by atoms with Crippen molar-refractivity contribution in [3.8, 4) is 0 Å². The second-order valence-corrected chi connectivity index (χ2v) is 8.91. The highest BCUT2D eigenvalue weighted by Crippen LogP contribution is 2.21. The summed E-state index contributed by atoms with van der Waals surface area (Å²) >= 11 is 0. The van der Waals surface area contributed by atoms with Gasteiger partial charge in [-0.25, -0.2) is 17.8 Å². The summed E-state index contributed by atoms with van der Waals surface area (Å²) in [6.07, 6.45) is 1.77. The van der Waals surface area contributed by atoms with Crippen molar-refractivity contribution >= 4 is 27.5 Å². The largest absolute Gasteiger partial charge is 0.352 e. The molecule has 1 aliphatic rings. The molecule has 3 aromatic rings. The Morgan fingerprint density at radius 2 is 1.73 bits per heavy atom. The van der Waals surface area contributed by atoms with Gasteiger partial charge in [0.25, 0.3) is 0 Å². The highest BCUT2D eigenvalue weighted by molar-refractivity contribution is 7.89. The highest BCUT2D eigenvalue weighted by Gasteiger charge is 2.29. The lowest BCUT2D eigenvalue weighted by atomic mass is 10.3. The first-order valence-electron chi connectivity index (χ1n) is 9.46. The molecule has 1 N–H and O–H groups in total. The van der Waals surface area contributed by atoms with Crippen molar-refractivity contribution in [2.75, 3.05) is 36.4 Å². The van der Waals surface area contributed by atoms with Crippen LogP contribution in [0.5, 0.6) is 0 Å². The fourth-order valence-corrected chi connectivity index (χ4v) is 4.62. The molecule has 1 aliphatic heterocycles. The molecule has 0 saturated carbocycles. The van der Waals surface area contributed by atoms with E-state index in [2.05, 4.69) is 20.5 Å². The Kier molecular flexibility index (Phi) is 5.60. The molecule has 1 saturated heterocycles. The number of sulfonamides is 1. The smallest absolute Gasteiger partial charge is 0.243 e. The van der Waals surface area contributed by atoms with Gasteiger partial charge >= 0.3 is 0 Å². The van der Waals surface area contributed by atoms with Crippen molar-refractivity contribution in [3.63, 3.8) is 0 Å². The molecule has 0 atom stereocenters. The molecule has 0 unspecified atom stereocenters. The van der Waals surface area contributed by atoms with Crippen molar-refractivity contribution in [1.29, 1.82) is 0 Å². The number of anilines is 3. The minimum Gasteiger partial charge on any atom is -0.352 e. The zero-order valence-corrected chi connectivity index (χ0v) is 17.2. The third-order valence-corrected chi connectivity index (χ3v) is 6.71. The summed E-state index contributed by atoms with van der Waals surface area (Å²) in [5.41, 5.74) is 1.07. The minimum atomic E-state index is -3.72. The van der Waals surface area contributed by atoms with Crippen LogP contribution in [-0.4, -0.2) is 54.1 Å². The second kappa shape index (κ2) is 8.33. The number of halogens is 1. The summed E-state index contributed by atoms with van der Waals surface area (Å²) < 4.78 is 40.2. The molecule has 2 aromatic heterocycles. The third kappa shape index (κ3) is 4.39. The van der Waals surface area contributed by atoms with E-state index in [1.165, 1.54) is 22.5 Å². The predicted octanol–water partition coefficient (Wildman–Crippen LogP) is 2.57. The fourth-order valence-electron chi connectivity index (χ4n) is 3.17. The van der Waals surface area contributed by atoms with E-state index < -0.39 is 15.8 Å². The maximum Gasteiger partial charge on any atom is 0.243 e. The van der Waals surface area contributed by atoms with Gasteiger partial charge < -0.3 is 10.2 Å². The van der Waals surface area contributed by atoms with Gasteiger partial charge in [-0.1, -0.05) is 12.1 Å². The van der Waals surface area contributed by atoms with E-state index in [1.54, 1.807) is 12.3 Å². The molecule has 30 heavy (non-hydrogen) atoms. The Morgan fingerprint density at radius 3 is 2.37 bits per heavy atom. The van der Waals surface area contributed by atoms with Crippen molar-refractivity contribution in [2.24, 2.45) is 0 Å². The number of aryl methyl sites for hydroxylation is 1. The maximum atomic E-state index is 13.4. The van der Waals surface area contributed by atoms with Gasteiger partial charge in [-0.2, -0.15) is 4.31 Å². The van der Waals surface area contributed by atoms with Crippen LogP contribution in [0.15, 0.2) is 59.6 Å². The Morgan fingerprint density at radius 1 is 0.967 bits per heavy atom. The van der Waals surface area contributed by atoms with E-state index in [4.69, 9.17) is 0 Å². The van der Waals surface area contributed by atoms with Crippen LogP contribution >= 0.6 is 0 Å². The molecule has 1 fully saturated rings. The first kappa shape index (κ1) is 20.2. The summed E-state index contributed by atoms with van der Waals surface area (Å²) in [4.78, 5) is 6.21. The van der Waals surface area contributed by atoms with Crippen LogP contribution in [0.25, 0.3) is 0 Å². The quantitative estimate of drug-likeness (QED) is 0.668. The number of hydrogen-bond acceptors (Lipinski definition) is 7. The van der Waals surface area contributed by atoms with Crippen LogP contribution in [0.2, 0.25) is 0 Å². The molecule has 0 spiro atoms. The first-order valence-corrected chi connectivity index (χ1v) is 10.9. The van der Waals surface area contributed by atoms with Crippen molar-refractivity contribution < 1.29 is 12.8 Å². The monoisotopic (exact) mass is 428 g/mol. The highest BCUT2D eigenvalue weighted by atomic mass is 32.2. The number of hydrogen-bond donors (Lipinski definition) is 1. The lowest BCUT2D eigenvalue weighted by Gasteiger charge is -2.34. The SMILES string of the molecule is Cc1ccc(Nc2ccc(N3CCN(S(=O)(=O)c4cccc(F)c4)CC3)nn2)nc1. The molecule has 10 heteroatoms. The molecule has 0 bridgehead atoms. The van der Waals surface area contributed by atoms with Crippen molar-refractivity contribution in [1.82, 2.24) is 19.5 Å². The number of benzene rings is 1. The first-order chi connectivity index (χ1) is 14.4. The number of pyridine rings is 1. The molecule has 0 amide bonds. The number of nitrogens with one attached hydrogen (secondary N) is 1. The molecule has 4 rings (SSSR count). The van der Waals surface area contributed by atoms with E-state index in [1.807, 2.05) is 30.0 Å². The van der Waals surface area contributed by atoms with Crippen LogP contribution in [-0.2, 0) is 10.0 Å². The van der Waals surface area contributed by atoms with Crippen LogP contribution < -0.4 is 10.2 Å². The van der Waals surface area contributed by atoms with Gasteiger partial charge in [0.1, 0.15) is 11.6 Å². The van der Waals surface area contributed by atoms with E-state index in [9.17, 15) is 12.8 Å². The lowest BCUT2D eigenvalue weighted by Crippen LogP contribution is -2.49. The van der Waals surface area contributed by atoms with E-state index >= 15 is 0 Å². The van der Waals surface area contributed by atoms with Gasteiger partial charge in [0.05, 0.1) is 4.90 Å². The molecule has 8 nitrogen and oxygen atoms in total. The van der Waals surface area contributed by atoms with Gasteiger partial charge in [-0.15, -0.1) is 10.2 Å². The van der Waals surface area contributed by atoms with Crippen LogP contribution in [0.3, 0.4) is 0 Å². The fraction of sp³-hybridized carbons (Fsp3) is 0.250. The minimum absolute atomic E-state index is 0.0316.